The lowest BCUT2D eigenvalue weighted by Crippen LogP contribution is -2.48. The maximum atomic E-state index is 11.3. The molecule has 1 rings (SSSR count). The fourth-order valence-electron chi connectivity index (χ4n) is 2.37. The molecule has 0 bridgehead atoms. The van der Waals surface area contributed by atoms with Crippen molar-refractivity contribution in [2.45, 2.75) is 58.2 Å². The van der Waals surface area contributed by atoms with Crippen LogP contribution in [0.15, 0.2) is 0 Å². The molecule has 0 aromatic carbocycles. The van der Waals surface area contributed by atoms with Crippen LogP contribution in [0.25, 0.3) is 0 Å². The van der Waals surface area contributed by atoms with Gasteiger partial charge in [-0.25, -0.2) is 0 Å². The molecule has 0 aromatic heterocycles. The Bertz CT molecular complexity index is 246. The van der Waals surface area contributed by atoms with Crippen LogP contribution in [-0.4, -0.2) is 49.2 Å². The average molecular weight is 242 g/mol. The van der Waals surface area contributed by atoms with Crippen LogP contribution in [0.2, 0.25) is 0 Å². The summed E-state index contributed by atoms with van der Waals surface area (Å²) < 4.78 is 4.95. The summed E-state index contributed by atoms with van der Waals surface area (Å²) in [6.45, 7) is 7.75. The predicted octanol–water partition coefficient (Wildman–Crippen LogP) is 1.40. The lowest BCUT2D eigenvalue weighted by atomic mass is 9.98. The molecule has 1 aliphatic rings. The molecule has 0 saturated carbocycles. The first-order chi connectivity index (χ1) is 8.02. The number of nitrogens with zero attached hydrogens (tertiary/aromatic N) is 1. The van der Waals surface area contributed by atoms with Crippen molar-refractivity contribution in [3.8, 4) is 0 Å². The van der Waals surface area contributed by atoms with Crippen molar-refractivity contribution < 1.29 is 9.53 Å². The zero-order valence-corrected chi connectivity index (χ0v) is 11.5. The Labute approximate surface area is 105 Å². The number of carbonyl (C=O) groups excluding carboxylic acids is 1. The molecule has 1 heterocycles. The maximum Gasteiger partial charge on any atom is 0.307 e. The minimum Gasteiger partial charge on any atom is -0.466 e. The van der Waals surface area contributed by atoms with E-state index in [1.54, 1.807) is 0 Å². The molecular weight excluding hydrogens is 216 g/mol. The van der Waals surface area contributed by atoms with E-state index in [0.29, 0.717) is 25.1 Å². The molecule has 4 nitrogen and oxygen atoms in total. The molecule has 3 atom stereocenters. The second-order valence-electron chi connectivity index (χ2n) is 5.13. The lowest BCUT2D eigenvalue weighted by molar-refractivity contribution is -0.143. The first-order valence-electron chi connectivity index (χ1n) is 6.64. The third kappa shape index (κ3) is 5.04. The van der Waals surface area contributed by atoms with Gasteiger partial charge in [-0.05, 0) is 47.2 Å². The molecule has 1 fully saturated rings. The van der Waals surface area contributed by atoms with Crippen LogP contribution in [0.4, 0.5) is 0 Å². The Morgan fingerprint density at radius 2 is 2.29 bits per heavy atom. The standard InChI is InChI=1S/C13H26N2O2/c1-5-17-13(16)8-10(2)14-12-6-7-15(4)11(3)9-12/h10-12,14H,5-9H2,1-4H3. The Morgan fingerprint density at radius 1 is 1.59 bits per heavy atom. The molecule has 100 valence electrons. The van der Waals surface area contributed by atoms with Gasteiger partial charge >= 0.3 is 5.97 Å². The van der Waals surface area contributed by atoms with Gasteiger partial charge < -0.3 is 15.0 Å². The third-order valence-corrected chi connectivity index (χ3v) is 3.51. The summed E-state index contributed by atoms with van der Waals surface area (Å²) in [5.41, 5.74) is 0. The highest BCUT2D eigenvalue weighted by molar-refractivity contribution is 5.70. The third-order valence-electron chi connectivity index (χ3n) is 3.51. The molecular formula is C13H26N2O2. The number of hydrogen-bond donors (Lipinski definition) is 1. The Morgan fingerprint density at radius 3 is 2.88 bits per heavy atom. The van der Waals surface area contributed by atoms with Crippen molar-refractivity contribution in [1.82, 2.24) is 10.2 Å². The summed E-state index contributed by atoms with van der Waals surface area (Å²) >= 11 is 0. The first kappa shape index (κ1) is 14.5. The van der Waals surface area contributed by atoms with Crippen LogP contribution >= 0.6 is 0 Å². The van der Waals surface area contributed by atoms with Crippen molar-refractivity contribution in [2.24, 2.45) is 0 Å². The quantitative estimate of drug-likeness (QED) is 0.740. The fourth-order valence-corrected chi connectivity index (χ4v) is 2.37. The van der Waals surface area contributed by atoms with Gasteiger partial charge in [-0.1, -0.05) is 0 Å². The molecule has 0 radical (unpaired) electrons. The van der Waals surface area contributed by atoms with Crippen LogP contribution < -0.4 is 5.32 Å². The Balaban J connectivity index is 2.26. The summed E-state index contributed by atoms with van der Waals surface area (Å²) in [4.78, 5) is 13.7. The molecule has 0 amide bonds. The number of hydrogen-bond acceptors (Lipinski definition) is 4. The number of rotatable bonds is 5. The summed E-state index contributed by atoms with van der Waals surface area (Å²) in [7, 11) is 2.17. The van der Waals surface area contributed by atoms with E-state index in [1.165, 1.54) is 0 Å². The number of likely N-dealkylation sites (tertiary alicyclic amines) is 1. The highest BCUT2D eigenvalue weighted by Gasteiger charge is 2.24. The molecule has 1 saturated heterocycles. The monoisotopic (exact) mass is 242 g/mol. The average Bonchev–Trinajstić information content (AvgIpc) is 2.23. The van der Waals surface area contributed by atoms with E-state index in [2.05, 4.69) is 31.1 Å². The van der Waals surface area contributed by atoms with Crippen molar-refractivity contribution in [2.75, 3.05) is 20.2 Å². The molecule has 0 aliphatic carbocycles. The molecule has 0 spiro atoms. The molecule has 1 aliphatic heterocycles. The predicted molar refractivity (Wildman–Crippen MR) is 69.0 cm³/mol. The zero-order valence-electron chi connectivity index (χ0n) is 11.5. The van der Waals surface area contributed by atoms with E-state index in [4.69, 9.17) is 4.74 Å². The molecule has 0 aromatic rings. The number of carbonyl (C=O) groups is 1. The highest BCUT2D eigenvalue weighted by Crippen LogP contribution is 2.16. The molecule has 17 heavy (non-hydrogen) atoms. The van der Waals surface area contributed by atoms with Gasteiger partial charge in [0.2, 0.25) is 0 Å². The summed E-state index contributed by atoms with van der Waals surface area (Å²) in [6.07, 6.45) is 2.78. The largest absolute Gasteiger partial charge is 0.466 e. The van der Waals surface area contributed by atoms with E-state index in [0.717, 1.165) is 19.4 Å². The number of nitrogens with one attached hydrogen (secondary N) is 1. The van der Waals surface area contributed by atoms with Crippen LogP contribution in [0.1, 0.15) is 40.0 Å². The van der Waals surface area contributed by atoms with E-state index in [-0.39, 0.29) is 12.0 Å². The van der Waals surface area contributed by atoms with Gasteiger partial charge in [0.25, 0.3) is 0 Å². The molecule has 3 unspecified atom stereocenters. The van der Waals surface area contributed by atoms with E-state index >= 15 is 0 Å². The highest BCUT2D eigenvalue weighted by atomic mass is 16.5. The van der Waals surface area contributed by atoms with E-state index < -0.39 is 0 Å². The topological polar surface area (TPSA) is 41.6 Å². The zero-order chi connectivity index (χ0) is 12.8. The van der Waals surface area contributed by atoms with Crippen molar-refractivity contribution in [1.29, 1.82) is 0 Å². The van der Waals surface area contributed by atoms with Crippen molar-refractivity contribution >= 4 is 5.97 Å². The molecule has 4 heteroatoms. The minimum absolute atomic E-state index is 0.103. The SMILES string of the molecule is CCOC(=O)CC(C)NC1CCN(C)C(C)C1. The van der Waals surface area contributed by atoms with Gasteiger partial charge in [0, 0.05) is 18.1 Å². The van der Waals surface area contributed by atoms with Crippen molar-refractivity contribution in [3.05, 3.63) is 0 Å². The van der Waals surface area contributed by atoms with Crippen molar-refractivity contribution in [3.63, 3.8) is 0 Å². The van der Waals surface area contributed by atoms with Gasteiger partial charge in [0.15, 0.2) is 0 Å². The number of esters is 1. The minimum atomic E-state index is -0.103. The second kappa shape index (κ2) is 6.97. The normalized spacial score (nSPS) is 27.8. The van der Waals surface area contributed by atoms with Gasteiger partial charge in [0.1, 0.15) is 0 Å². The Hall–Kier alpha value is -0.610. The van der Waals surface area contributed by atoms with E-state index in [9.17, 15) is 4.79 Å². The molecule has 1 N–H and O–H groups in total. The maximum absolute atomic E-state index is 11.3. The summed E-state index contributed by atoms with van der Waals surface area (Å²) in [5, 5.41) is 3.53. The number of ether oxygens (including phenoxy) is 1. The van der Waals surface area contributed by atoms with Crippen LogP contribution in [-0.2, 0) is 9.53 Å². The summed E-state index contributed by atoms with van der Waals surface area (Å²) in [6, 6.07) is 1.36. The second-order valence-corrected chi connectivity index (χ2v) is 5.13. The smallest absolute Gasteiger partial charge is 0.307 e. The van der Waals surface area contributed by atoms with Gasteiger partial charge in [-0.2, -0.15) is 0 Å². The van der Waals surface area contributed by atoms with Gasteiger partial charge in [-0.3, -0.25) is 4.79 Å². The van der Waals surface area contributed by atoms with E-state index in [1.807, 2.05) is 6.92 Å². The van der Waals surface area contributed by atoms with Gasteiger partial charge in [-0.15, -0.1) is 0 Å². The Kier molecular flexibility index (Phi) is 5.92. The van der Waals surface area contributed by atoms with Crippen LogP contribution in [0.3, 0.4) is 0 Å². The van der Waals surface area contributed by atoms with Gasteiger partial charge in [0.05, 0.1) is 13.0 Å². The number of piperidine rings is 1. The van der Waals surface area contributed by atoms with Crippen LogP contribution in [0.5, 0.6) is 0 Å². The van der Waals surface area contributed by atoms with Crippen LogP contribution in [0, 0.1) is 0 Å². The lowest BCUT2D eigenvalue weighted by Gasteiger charge is -2.36. The fraction of sp³-hybridized carbons (Fsp3) is 0.923. The first-order valence-corrected chi connectivity index (χ1v) is 6.64. The summed E-state index contributed by atoms with van der Waals surface area (Å²) in [5.74, 6) is -0.103.